The van der Waals surface area contributed by atoms with Crippen LogP contribution in [0.4, 0.5) is 0 Å². The van der Waals surface area contributed by atoms with Crippen LogP contribution in [0.3, 0.4) is 0 Å². The number of halogens is 1. The lowest BCUT2D eigenvalue weighted by Crippen LogP contribution is -2.61. The summed E-state index contributed by atoms with van der Waals surface area (Å²) in [7, 11) is -1.15. The van der Waals surface area contributed by atoms with Crippen molar-refractivity contribution in [2.45, 2.75) is 64.2 Å². The highest BCUT2D eigenvalue weighted by atomic mass is 35.5. The van der Waals surface area contributed by atoms with Gasteiger partial charge in [0.15, 0.2) is 6.10 Å². The number of hydrogen-bond donors (Lipinski definition) is 1. The highest BCUT2D eigenvalue weighted by Crippen LogP contribution is 2.45. The van der Waals surface area contributed by atoms with Gasteiger partial charge < -0.3 is 9.84 Å². The number of benzene rings is 3. The number of likely N-dealkylation sites (tertiary alicyclic amines) is 1. The third-order valence-corrected chi connectivity index (χ3v) is 12.5. The molecule has 5 aromatic rings. The number of sulfonamides is 1. The number of carboxylic acid groups (broad SMARTS) is 1. The molecule has 264 valence electrons. The van der Waals surface area contributed by atoms with Crippen LogP contribution in [0.15, 0.2) is 48.5 Å². The summed E-state index contributed by atoms with van der Waals surface area (Å²) in [5.41, 5.74) is 6.25. The van der Waals surface area contributed by atoms with Gasteiger partial charge in [0.2, 0.25) is 10.0 Å². The van der Waals surface area contributed by atoms with Gasteiger partial charge in [-0.1, -0.05) is 23.7 Å². The van der Waals surface area contributed by atoms with Gasteiger partial charge in [-0.15, -0.1) is 11.3 Å². The molecule has 2 fully saturated rings. The van der Waals surface area contributed by atoms with Crippen molar-refractivity contribution in [1.29, 1.82) is 0 Å². The molecular weight excluding hydrogens is 694 g/mol. The number of fused-ring (bicyclic) bond motifs is 2. The maximum Gasteiger partial charge on any atom is 0.337 e. The van der Waals surface area contributed by atoms with Gasteiger partial charge in [-0.3, -0.25) is 9.58 Å². The van der Waals surface area contributed by atoms with Crippen LogP contribution in [0.2, 0.25) is 5.02 Å². The molecule has 2 saturated heterocycles. The number of piperidine rings is 1. The molecule has 10 nitrogen and oxygen atoms in total. The molecule has 4 heterocycles. The average molecular weight is 736 g/mol. The summed E-state index contributed by atoms with van der Waals surface area (Å²) < 4.78 is 34.3. The second-order valence-corrected chi connectivity index (χ2v) is 18.0. The molecule has 1 atom stereocenters. The first kappa shape index (κ1) is 35.0. The Hall–Kier alpha value is -3.39. The molecule has 0 radical (unpaired) electrons. The van der Waals surface area contributed by atoms with E-state index in [-0.39, 0.29) is 6.04 Å². The lowest BCUT2D eigenvalue weighted by molar-refractivity contribution is -0.160. The molecule has 50 heavy (non-hydrogen) atoms. The molecule has 0 spiro atoms. The van der Waals surface area contributed by atoms with E-state index in [1.807, 2.05) is 69.8 Å². The summed E-state index contributed by atoms with van der Waals surface area (Å²) in [4.78, 5) is 20.3. The fourth-order valence-corrected chi connectivity index (χ4v) is 9.48. The van der Waals surface area contributed by atoms with E-state index in [9.17, 15) is 18.3 Å². The number of aliphatic carboxylic acids is 1. The fourth-order valence-electron chi connectivity index (χ4n) is 7.35. The maximum atomic E-state index is 12.7. The van der Waals surface area contributed by atoms with Crippen LogP contribution in [0.5, 0.6) is 0 Å². The predicted octanol–water partition coefficient (Wildman–Crippen LogP) is 7.24. The zero-order valence-electron chi connectivity index (χ0n) is 29.1. The number of rotatable bonds is 8. The first-order valence-electron chi connectivity index (χ1n) is 16.8. The quantitative estimate of drug-likeness (QED) is 0.177. The molecule has 0 unspecified atom stereocenters. The minimum atomic E-state index is -3.13. The molecule has 2 aromatic heterocycles. The Morgan fingerprint density at radius 3 is 2.34 bits per heavy atom. The highest BCUT2D eigenvalue weighted by Gasteiger charge is 2.39. The number of ether oxygens (including phenoxy) is 1. The SMILES string of the molecule is Cc1cc2nc(-c3ccc4c(c3)c(C3CCN(C5CN(S(C)(=O)=O)C5)CC3)nn4C)sc2c(-c2ccc(Cl)cc2)c1[C@H](OC(C)(C)C)C(=O)O. The number of nitrogens with zero attached hydrogens (tertiary/aromatic N) is 5. The van der Waals surface area contributed by atoms with Crippen LogP contribution >= 0.6 is 22.9 Å². The van der Waals surface area contributed by atoms with Crippen molar-refractivity contribution in [2.75, 3.05) is 32.4 Å². The maximum absolute atomic E-state index is 12.7. The average Bonchev–Trinajstić information content (AvgIpc) is 3.59. The van der Waals surface area contributed by atoms with E-state index in [0.717, 1.165) is 80.0 Å². The van der Waals surface area contributed by atoms with Crippen LogP contribution in [-0.4, -0.2) is 87.5 Å². The van der Waals surface area contributed by atoms with Crippen molar-refractivity contribution < 1.29 is 23.1 Å². The summed E-state index contributed by atoms with van der Waals surface area (Å²) in [6.45, 7) is 10.5. The number of thiazole rings is 1. The van der Waals surface area contributed by atoms with Crippen molar-refractivity contribution in [3.63, 3.8) is 0 Å². The van der Waals surface area contributed by atoms with Crippen LogP contribution in [0.25, 0.3) is 42.8 Å². The van der Waals surface area contributed by atoms with Crippen molar-refractivity contribution >= 4 is 60.0 Å². The van der Waals surface area contributed by atoms with Gasteiger partial charge in [0, 0.05) is 59.2 Å². The minimum absolute atomic E-state index is 0.282. The number of aromatic nitrogens is 3. The van der Waals surface area contributed by atoms with Gasteiger partial charge in [0.25, 0.3) is 0 Å². The standard InChI is InChI=1S/C37H42ClN5O5S2/c1-21-17-28-34(31(22-7-10-25(38)11-8-22)30(21)33(36(44)45)48-37(2,3)4)49-35(39-28)24-9-12-29-27(18-24)32(40-41(29)5)23-13-15-42(16-14-23)26-19-43(20-26)50(6,46)47/h7-12,17-18,23,26,33H,13-16,19-20H2,1-6H3,(H,44,45)/t33-/m0/s1. The van der Waals surface area contributed by atoms with E-state index in [1.165, 1.54) is 6.26 Å². The van der Waals surface area contributed by atoms with Gasteiger partial charge in [0.1, 0.15) is 5.01 Å². The van der Waals surface area contributed by atoms with Gasteiger partial charge in [0.05, 0.1) is 33.3 Å². The molecule has 0 aliphatic carbocycles. The number of carbonyl (C=O) groups is 1. The molecule has 1 N–H and O–H groups in total. The molecule has 3 aromatic carbocycles. The van der Waals surface area contributed by atoms with Crippen molar-refractivity contribution in [3.05, 3.63) is 70.4 Å². The van der Waals surface area contributed by atoms with Gasteiger partial charge in [-0.2, -0.15) is 9.40 Å². The molecule has 0 bridgehead atoms. The Kier molecular flexibility index (Phi) is 9.10. The molecule has 13 heteroatoms. The summed E-state index contributed by atoms with van der Waals surface area (Å²) in [6.07, 6.45) is 2.01. The molecular formula is C37H42ClN5O5S2. The number of hydrogen-bond acceptors (Lipinski definition) is 8. The largest absolute Gasteiger partial charge is 0.479 e. The minimum Gasteiger partial charge on any atom is -0.479 e. The van der Waals surface area contributed by atoms with E-state index < -0.39 is 27.7 Å². The first-order valence-corrected chi connectivity index (χ1v) is 19.9. The number of aryl methyl sites for hydroxylation is 2. The Morgan fingerprint density at radius 2 is 1.72 bits per heavy atom. The zero-order chi connectivity index (χ0) is 35.7. The van der Waals surface area contributed by atoms with Gasteiger partial charge in [-0.25, -0.2) is 18.2 Å². The van der Waals surface area contributed by atoms with Crippen molar-refractivity contribution in [1.82, 2.24) is 24.0 Å². The normalized spacial score (nSPS) is 17.8. The Morgan fingerprint density at radius 1 is 1.06 bits per heavy atom. The Labute approximate surface area is 301 Å². The Bertz CT molecular complexity index is 2210. The van der Waals surface area contributed by atoms with Crippen LogP contribution in [-0.2, 0) is 26.6 Å². The number of carboxylic acids is 1. The van der Waals surface area contributed by atoms with E-state index in [1.54, 1.807) is 15.6 Å². The van der Waals surface area contributed by atoms with E-state index in [2.05, 4.69) is 23.1 Å². The van der Waals surface area contributed by atoms with Gasteiger partial charge in [-0.05, 0) is 101 Å². The third-order valence-electron chi connectivity index (χ3n) is 9.87. The summed E-state index contributed by atoms with van der Waals surface area (Å²) in [6, 6.07) is 16.1. The lowest BCUT2D eigenvalue weighted by Gasteiger charge is -2.46. The van der Waals surface area contributed by atoms with E-state index >= 15 is 0 Å². The van der Waals surface area contributed by atoms with Gasteiger partial charge >= 0.3 is 5.97 Å². The summed E-state index contributed by atoms with van der Waals surface area (Å²) in [5.74, 6) is -0.754. The third kappa shape index (κ3) is 6.69. The topological polar surface area (TPSA) is 118 Å². The lowest BCUT2D eigenvalue weighted by atomic mass is 9.90. The highest BCUT2D eigenvalue weighted by molar-refractivity contribution is 7.88. The molecule has 2 aliphatic heterocycles. The second kappa shape index (κ2) is 13.0. The molecule has 0 saturated carbocycles. The zero-order valence-corrected chi connectivity index (χ0v) is 31.5. The summed E-state index contributed by atoms with van der Waals surface area (Å²) >= 11 is 7.83. The molecule has 0 amide bonds. The smallest absolute Gasteiger partial charge is 0.337 e. The summed E-state index contributed by atoms with van der Waals surface area (Å²) in [5, 5.41) is 18.0. The van der Waals surface area contributed by atoms with E-state index in [0.29, 0.717) is 29.6 Å². The predicted molar refractivity (Wildman–Crippen MR) is 199 cm³/mol. The first-order chi connectivity index (χ1) is 23.6. The van der Waals surface area contributed by atoms with Crippen LogP contribution in [0.1, 0.15) is 62.5 Å². The van der Waals surface area contributed by atoms with Crippen LogP contribution in [0, 0.1) is 6.92 Å². The van der Waals surface area contributed by atoms with Crippen molar-refractivity contribution in [2.24, 2.45) is 7.05 Å². The molecule has 7 rings (SSSR count). The Balaban J connectivity index is 1.26. The second-order valence-electron chi connectivity index (χ2n) is 14.6. The molecule has 2 aliphatic rings. The van der Waals surface area contributed by atoms with Crippen molar-refractivity contribution in [3.8, 4) is 21.7 Å². The fraction of sp³-hybridized carbons (Fsp3) is 0.432. The van der Waals surface area contributed by atoms with E-state index in [4.69, 9.17) is 26.4 Å². The van der Waals surface area contributed by atoms with Crippen LogP contribution < -0.4 is 0 Å². The monoisotopic (exact) mass is 735 g/mol.